The molecule has 7 nitrogen and oxygen atoms in total. The highest BCUT2D eigenvalue weighted by Gasteiger charge is 2.42. The van der Waals surface area contributed by atoms with Crippen molar-refractivity contribution < 1.29 is 19.1 Å². The maximum absolute atomic E-state index is 12.8. The molecular formula is C21H22ClN3O4. The van der Waals surface area contributed by atoms with Gasteiger partial charge in [-0.05, 0) is 50.4 Å². The van der Waals surface area contributed by atoms with E-state index in [1.54, 1.807) is 60.5 Å². The van der Waals surface area contributed by atoms with E-state index < -0.39 is 6.04 Å². The van der Waals surface area contributed by atoms with Crippen molar-refractivity contribution in [3.05, 3.63) is 53.6 Å². The second kappa shape index (κ2) is 9.07. The van der Waals surface area contributed by atoms with Crippen LogP contribution in [0.4, 0.5) is 11.4 Å². The van der Waals surface area contributed by atoms with Gasteiger partial charge in [-0.15, -0.1) is 0 Å². The molecule has 1 fully saturated rings. The van der Waals surface area contributed by atoms with E-state index in [9.17, 15) is 14.4 Å². The lowest BCUT2D eigenvalue weighted by molar-refractivity contribution is -0.123. The second-order valence-corrected chi connectivity index (χ2v) is 7.06. The molecule has 1 heterocycles. The lowest BCUT2D eigenvalue weighted by Crippen LogP contribution is -2.43. The SMILES string of the molecule is CCOc1ccc(N2C(=O)CC(N(C)CC(=O)Nc3ccccc3Cl)C2=O)cc1. The summed E-state index contributed by atoms with van der Waals surface area (Å²) in [5.41, 5.74) is 0.984. The minimum absolute atomic E-state index is 0.0158. The summed E-state index contributed by atoms with van der Waals surface area (Å²) in [5, 5.41) is 3.14. The summed E-state index contributed by atoms with van der Waals surface area (Å²) < 4.78 is 5.39. The maximum Gasteiger partial charge on any atom is 0.251 e. The number of benzene rings is 2. The van der Waals surface area contributed by atoms with Crippen LogP contribution in [0.2, 0.25) is 5.02 Å². The topological polar surface area (TPSA) is 79.0 Å². The number of amides is 3. The molecule has 0 aliphatic carbocycles. The van der Waals surface area contributed by atoms with Crippen LogP contribution >= 0.6 is 11.6 Å². The molecule has 3 amide bonds. The quantitative estimate of drug-likeness (QED) is 0.703. The number of likely N-dealkylation sites (N-methyl/N-ethyl adjacent to an activating group) is 1. The molecule has 0 spiro atoms. The van der Waals surface area contributed by atoms with Crippen LogP contribution in [-0.4, -0.2) is 48.9 Å². The summed E-state index contributed by atoms with van der Waals surface area (Å²) in [6, 6.07) is 13.0. The first-order chi connectivity index (χ1) is 13.9. The highest BCUT2D eigenvalue weighted by atomic mass is 35.5. The van der Waals surface area contributed by atoms with E-state index >= 15 is 0 Å². The molecule has 1 atom stereocenters. The first kappa shape index (κ1) is 20.8. The normalized spacial score (nSPS) is 16.4. The number of nitrogens with zero attached hydrogens (tertiary/aromatic N) is 2. The molecule has 8 heteroatoms. The number of carbonyl (C=O) groups excluding carboxylic acids is 3. The van der Waals surface area contributed by atoms with Gasteiger partial charge in [0.05, 0.1) is 42.0 Å². The van der Waals surface area contributed by atoms with Gasteiger partial charge in [-0.2, -0.15) is 0 Å². The van der Waals surface area contributed by atoms with Gasteiger partial charge in [0, 0.05) is 0 Å². The van der Waals surface area contributed by atoms with Gasteiger partial charge in [0.15, 0.2) is 0 Å². The van der Waals surface area contributed by atoms with Crippen molar-refractivity contribution in [1.29, 1.82) is 0 Å². The van der Waals surface area contributed by atoms with E-state index in [-0.39, 0.29) is 30.7 Å². The Balaban J connectivity index is 1.65. The van der Waals surface area contributed by atoms with Crippen LogP contribution in [0.15, 0.2) is 48.5 Å². The monoisotopic (exact) mass is 415 g/mol. The molecule has 29 heavy (non-hydrogen) atoms. The van der Waals surface area contributed by atoms with Crippen molar-refractivity contribution in [2.75, 3.05) is 30.4 Å². The molecule has 0 aromatic heterocycles. The minimum atomic E-state index is -0.703. The van der Waals surface area contributed by atoms with Crippen LogP contribution < -0.4 is 15.0 Å². The zero-order valence-corrected chi connectivity index (χ0v) is 17.0. The van der Waals surface area contributed by atoms with Crippen LogP contribution in [0.5, 0.6) is 5.75 Å². The Morgan fingerprint density at radius 2 is 1.90 bits per heavy atom. The van der Waals surface area contributed by atoms with E-state index in [4.69, 9.17) is 16.3 Å². The third-order valence-corrected chi connectivity index (χ3v) is 4.93. The van der Waals surface area contributed by atoms with Crippen molar-refractivity contribution in [2.45, 2.75) is 19.4 Å². The predicted octanol–water partition coefficient (Wildman–Crippen LogP) is 2.94. The van der Waals surface area contributed by atoms with E-state index in [0.29, 0.717) is 28.8 Å². The van der Waals surface area contributed by atoms with Crippen LogP contribution in [-0.2, 0) is 14.4 Å². The summed E-state index contributed by atoms with van der Waals surface area (Å²) in [6.45, 7) is 2.36. The van der Waals surface area contributed by atoms with Crippen molar-refractivity contribution in [2.24, 2.45) is 0 Å². The van der Waals surface area contributed by atoms with Gasteiger partial charge < -0.3 is 10.1 Å². The number of carbonyl (C=O) groups is 3. The lowest BCUT2D eigenvalue weighted by atomic mass is 10.2. The van der Waals surface area contributed by atoms with Gasteiger partial charge in [0.2, 0.25) is 11.8 Å². The lowest BCUT2D eigenvalue weighted by Gasteiger charge is -2.22. The number of rotatable bonds is 7. The molecule has 2 aromatic rings. The van der Waals surface area contributed by atoms with E-state index in [0.717, 1.165) is 4.90 Å². The molecule has 1 aliphatic rings. The average molecular weight is 416 g/mol. The summed E-state index contributed by atoms with van der Waals surface area (Å²) in [7, 11) is 1.64. The standard InChI is InChI=1S/C21H22ClN3O4/c1-3-29-15-10-8-14(9-11-15)25-20(27)12-18(21(25)28)24(2)13-19(26)23-17-7-5-4-6-16(17)22/h4-11,18H,3,12-13H2,1-2H3,(H,23,26). The number of halogens is 1. The van der Waals surface area contributed by atoms with E-state index in [1.165, 1.54) is 0 Å². The number of anilines is 2. The Hall–Kier alpha value is -2.90. The molecule has 3 rings (SSSR count). The van der Waals surface area contributed by atoms with Crippen LogP contribution in [0, 0.1) is 0 Å². The summed E-state index contributed by atoms with van der Waals surface area (Å²) in [5.74, 6) is -0.310. The van der Waals surface area contributed by atoms with E-state index in [1.807, 2.05) is 6.92 Å². The Morgan fingerprint density at radius 3 is 2.55 bits per heavy atom. The van der Waals surface area contributed by atoms with Gasteiger partial charge in [-0.25, -0.2) is 4.90 Å². The van der Waals surface area contributed by atoms with Crippen molar-refractivity contribution >= 4 is 40.7 Å². The van der Waals surface area contributed by atoms with Crippen molar-refractivity contribution in [3.8, 4) is 5.75 Å². The molecule has 0 radical (unpaired) electrons. The molecular weight excluding hydrogens is 394 g/mol. The molecule has 0 bridgehead atoms. The van der Waals surface area contributed by atoms with Crippen LogP contribution in [0.25, 0.3) is 0 Å². The largest absolute Gasteiger partial charge is 0.494 e. The number of imide groups is 1. The molecule has 1 N–H and O–H groups in total. The smallest absolute Gasteiger partial charge is 0.251 e. The number of para-hydroxylation sites is 1. The summed E-state index contributed by atoms with van der Waals surface area (Å²) >= 11 is 6.05. The third-order valence-electron chi connectivity index (χ3n) is 4.60. The molecule has 1 saturated heterocycles. The number of nitrogens with one attached hydrogen (secondary N) is 1. The average Bonchev–Trinajstić information content (AvgIpc) is 2.99. The van der Waals surface area contributed by atoms with Gasteiger partial charge in [0.25, 0.3) is 5.91 Å². The summed E-state index contributed by atoms with van der Waals surface area (Å²) in [4.78, 5) is 40.4. The fourth-order valence-electron chi connectivity index (χ4n) is 3.18. The van der Waals surface area contributed by atoms with Gasteiger partial charge in [0.1, 0.15) is 5.75 Å². The highest BCUT2D eigenvalue weighted by molar-refractivity contribution is 6.33. The molecule has 0 saturated carbocycles. The summed E-state index contributed by atoms with van der Waals surface area (Å²) in [6.07, 6.45) is 0.0158. The van der Waals surface area contributed by atoms with E-state index in [2.05, 4.69) is 5.32 Å². The Morgan fingerprint density at radius 1 is 1.21 bits per heavy atom. The number of ether oxygens (including phenoxy) is 1. The molecule has 1 unspecified atom stereocenters. The van der Waals surface area contributed by atoms with Crippen LogP contribution in [0.3, 0.4) is 0 Å². The Kier molecular flexibility index (Phi) is 6.51. The number of hydrogen-bond donors (Lipinski definition) is 1. The molecule has 152 valence electrons. The molecule has 1 aliphatic heterocycles. The van der Waals surface area contributed by atoms with Crippen LogP contribution in [0.1, 0.15) is 13.3 Å². The van der Waals surface area contributed by atoms with Crippen molar-refractivity contribution in [1.82, 2.24) is 4.90 Å². The zero-order chi connectivity index (χ0) is 21.0. The van der Waals surface area contributed by atoms with Crippen molar-refractivity contribution in [3.63, 3.8) is 0 Å². The second-order valence-electron chi connectivity index (χ2n) is 6.66. The first-order valence-electron chi connectivity index (χ1n) is 9.25. The number of hydrogen-bond acceptors (Lipinski definition) is 5. The Labute approximate surface area is 174 Å². The minimum Gasteiger partial charge on any atom is -0.494 e. The maximum atomic E-state index is 12.8. The van der Waals surface area contributed by atoms with Gasteiger partial charge >= 0.3 is 0 Å². The first-order valence-corrected chi connectivity index (χ1v) is 9.62. The zero-order valence-electron chi connectivity index (χ0n) is 16.2. The fraction of sp³-hybridized carbons (Fsp3) is 0.286. The predicted molar refractivity (Wildman–Crippen MR) is 111 cm³/mol. The fourth-order valence-corrected chi connectivity index (χ4v) is 3.36. The highest BCUT2D eigenvalue weighted by Crippen LogP contribution is 2.27. The van der Waals surface area contributed by atoms with Gasteiger partial charge in [-0.3, -0.25) is 19.3 Å². The molecule has 2 aromatic carbocycles. The van der Waals surface area contributed by atoms with Gasteiger partial charge in [-0.1, -0.05) is 23.7 Å². The Bertz CT molecular complexity index is 916. The third kappa shape index (κ3) is 4.75.